The molecule has 4 atom stereocenters. The van der Waals surface area contributed by atoms with E-state index in [2.05, 4.69) is 0 Å². The van der Waals surface area contributed by atoms with E-state index in [1.165, 1.54) is 36.4 Å². The van der Waals surface area contributed by atoms with Gasteiger partial charge in [-0.05, 0) is 18.6 Å². The number of hydrogen-bond donors (Lipinski definition) is 2. The third-order valence-electron chi connectivity index (χ3n) is 3.77. The van der Waals surface area contributed by atoms with Crippen LogP contribution in [0.1, 0.15) is 6.42 Å². The van der Waals surface area contributed by atoms with Crippen LogP contribution in [0, 0.1) is 22.0 Å². The minimum Gasteiger partial charge on any atom is -0.479 e. The van der Waals surface area contributed by atoms with Crippen molar-refractivity contribution in [3.8, 4) is 0 Å². The highest BCUT2D eigenvalue weighted by atomic mass is 32.2. The molecule has 0 heterocycles. The summed E-state index contributed by atoms with van der Waals surface area (Å²) in [5, 5.41) is 27.7. The van der Waals surface area contributed by atoms with Crippen molar-refractivity contribution in [2.75, 3.05) is 0 Å². The Morgan fingerprint density at radius 1 is 1.22 bits per heavy atom. The fourth-order valence-electron chi connectivity index (χ4n) is 2.63. The van der Waals surface area contributed by atoms with Gasteiger partial charge < -0.3 is 10.2 Å². The molecule has 0 fully saturated rings. The third kappa shape index (κ3) is 3.40. The van der Waals surface area contributed by atoms with E-state index in [1.807, 2.05) is 0 Å². The van der Waals surface area contributed by atoms with Crippen LogP contribution in [0.25, 0.3) is 0 Å². The van der Waals surface area contributed by atoms with Crippen LogP contribution in [-0.4, -0.2) is 41.0 Å². The summed E-state index contributed by atoms with van der Waals surface area (Å²) in [6.45, 7) is 0. The summed E-state index contributed by atoms with van der Waals surface area (Å²) >= 11 is 0. The number of aliphatic hydroxyl groups excluding tert-OH is 1. The second kappa shape index (κ2) is 6.47. The van der Waals surface area contributed by atoms with Crippen LogP contribution in [0.4, 0.5) is 0 Å². The number of carboxylic acid groups (broad SMARTS) is 1. The van der Waals surface area contributed by atoms with Gasteiger partial charge in [-0.15, -0.1) is 0 Å². The van der Waals surface area contributed by atoms with Crippen LogP contribution >= 0.6 is 0 Å². The zero-order valence-electron chi connectivity index (χ0n) is 11.8. The first-order chi connectivity index (χ1) is 10.7. The van der Waals surface area contributed by atoms with Gasteiger partial charge in [-0.2, -0.15) is 0 Å². The lowest BCUT2D eigenvalue weighted by atomic mass is 9.98. The molecule has 0 saturated carbocycles. The zero-order valence-corrected chi connectivity index (χ0v) is 12.7. The number of nitrogens with zero attached hydrogens (tertiary/aromatic N) is 1. The third-order valence-corrected chi connectivity index (χ3v) is 5.86. The fraction of sp³-hybridized carbons (Fsp3) is 0.357. The molecule has 1 aromatic rings. The summed E-state index contributed by atoms with van der Waals surface area (Å²) in [6, 6.07) is 7.06. The van der Waals surface area contributed by atoms with E-state index in [1.54, 1.807) is 6.07 Å². The molecule has 1 aliphatic carbocycles. The summed E-state index contributed by atoms with van der Waals surface area (Å²) < 4.78 is 25.0. The molecule has 1 unspecified atom stereocenters. The largest absolute Gasteiger partial charge is 0.479 e. The van der Waals surface area contributed by atoms with E-state index in [0.29, 0.717) is 0 Å². The number of hydrogen-bond acceptors (Lipinski definition) is 6. The first-order valence-electron chi connectivity index (χ1n) is 6.76. The van der Waals surface area contributed by atoms with Crippen molar-refractivity contribution < 1.29 is 28.3 Å². The number of rotatable bonds is 6. The van der Waals surface area contributed by atoms with Crippen LogP contribution in [0.15, 0.2) is 47.4 Å². The lowest BCUT2D eigenvalue weighted by molar-refractivity contribution is -0.504. The number of aliphatic hydroxyl groups is 1. The lowest BCUT2D eigenvalue weighted by Crippen LogP contribution is -2.37. The van der Waals surface area contributed by atoms with Gasteiger partial charge in [0.05, 0.1) is 10.8 Å². The average Bonchev–Trinajstić information content (AvgIpc) is 2.95. The van der Waals surface area contributed by atoms with Crippen molar-refractivity contribution >= 4 is 15.8 Å². The summed E-state index contributed by atoms with van der Waals surface area (Å²) in [5.41, 5.74) is 0. The highest BCUT2D eigenvalue weighted by molar-refractivity contribution is 7.91. The van der Waals surface area contributed by atoms with Gasteiger partial charge in [-0.25, -0.2) is 13.2 Å². The molecule has 0 bridgehead atoms. The monoisotopic (exact) mass is 341 g/mol. The molecular formula is C14H15NO7S. The molecule has 8 nitrogen and oxygen atoms in total. The quantitative estimate of drug-likeness (QED) is 0.442. The number of benzene rings is 1. The van der Waals surface area contributed by atoms with Gasteiger partial charge in [0.1, 0.15) is 0 Å². The van der Waals surface area contributed by atoms with Crippen LogP contribution in [0.5, 0.6) is 0 Å². The molecule has 23 heavy (non-hydrogen) atoms. The second-order valence-corrected chi connectivity index (χ2v) is 7.31. The summed E-state index contributed by atoms with van der Waals surface area (Å²) in [6.07, 6.45) is 0.777. The van der Waals surface area contributed by atoms with Gasteiger partial charge >= 0.3 is 11.3 Å². The molecule has 0 amide bonds. The molecule has 0 saturated heterocycles. The smallest absolute Gasteiger partial charge is 0.333 e. The summed E-state index contributed by atoms with van der Waals surface area (Å²) in [5.74, 6) is -3.32. The van der Waals surface area contributed by atoms with Gasteiger partial charge in [0.2, 0.25) is 9.84 Å². The fourth-order valence-corrected chi connectivity index (χ4v) is 4.34. The van der Waals surface area contributed by atoms with E-state index >= 15 is 0 Å². The standard InChI is InChI=1S/C14H15NO7S/c16-12(14(17)18)9-6-7-10(8-9)13(15(19)20)23(21,22)11-4-2-1-3-5-11/h1-7,9-10,12-13,16H,8H2,(H,17,18)/t9-,10+,12+,13?/m1/s1. The zero-order chi connectivity index (χ0) is 17.2. The van der Waals surface area contributed by atoms with Crippen LogP contribution < -0.4 is 0 Å². The van der Waals surface area contributed by atoms with E-state index in [-0.39, 0.29) is 11.3 Å². The Balaban J connectivity index is 2.30. The van der Waals surface area contributed by atoms with Crippen molar-refractivity contribution in [3.63, 3.8) is 0 Å². The maximum Gasteiger partial charge on any atom is 0.333 e. The Morgan fingerprint density at radius 2 is 1.78 bits per heavy atom. The van der Waals surface area contributed by atoms with E-state index in [0.717, 1.165) is 0 Å². The average molecular weight is 341 g/mol. The van der Waals surface area contributed by atoms with E-state index in [4.69, 9.17) is 5.11 Å². The van der Waals surface area contributed by atoms with Crippen molar-refractivity contribution in [1.82, 2.24) is 0 Å². The normalized spacial score (nSPS) is 23.3. The highest BCUT2D eigenvalue weighted by Crippen LogP contribution is 2.34. The number of nitro groups is 1. The molecule has 0 aromatic heterocycles. The Hall–Kier alpha value is -2.26. The molecule has 1 aromatic carbocycles. The van der Waals surface area contributed by atoms with Crippen molar-refractivity contribution in [2.45, 2.75) is 22.8 Å². The maximum atomic E-state index is 12.5. The molecule has 0 radical (unpaired) electrons. The molecule has 0 spiro atoms. The first-order valence-corrected chi connectivity index (χ1v) is 8.31. The van der Waals surface area contributed by atoms with Crippen molar-refractivity contribution in [2.24, 2.45) is 11.8 Å². The minimum atomic E-state index is -4.23. The van der Waals surface area contributed by atoms with Crippen LogP contribution in [0.2, 0.25) is 0 Å². The highest BCUT2D eigenvalue weighted by Gasteiger charge is 2.46. The number of carboxylic acids is 1. The summed E-state index contributed by atoms with van der Waals surface area (Å²) in [4.78, 5) is 21.1. The van der Waals surface area contributed by atoms with Crippen molar-refractivity contribution in [3.05, 3.63) is 52.6 Å². The Bertz CT molecular complexity index is 729. The van der Waals surface area contributed by atoms with Gasteiger partial charge in [-0.3, -0.25) is 10.1 Å². The summed E-state index contributed by atoms with van der Waals surface area (Å²) in [7, 11) is -4.23. The van der Waals surface area contributed by atoms with Crippen molar-refractivity contribution in [1.29, 1.82) is 0 Å². The lowest BCUT2D eigenvalue weighted by Gasteiger charge is -2.18. The van der Waals surface area contributed by atoms with Gasteiger partial charge in [0.15, 0.2) is 6.10 Å². The predicted molar refractivity (Wildman–Crippen MR) is 78.8 cm³/mol. The first kappa shape index (κ1) is 17.1. The topological polar surface area (TPSA) is 135 Å². The van der Waals surface area contributed by atoms with Crippen LogP contribution in [0.3, 0.4) is 0 Å². The van der Waals surface area contributed by atoms with Crippen LogP contribution in [-0.2, 0) is 14.6 Å². The second-order valence-electron chi connectivity index (χ2n) is 5.27. The minimum absolute atomic E-state index is 0.120. The molecule has 124 valence electrons. The Labute approximate surface area is 132 Å². The number of carbonyl (C=O) groups is 1. The molecule has 1 aliphatic rings. The molecule has 2 rings (SSSR count). The Morgan fingerprint density at radius 3 is 2.30 bits per heavy atom. The van der Waals surface area contributed by atoms with Gasteiger partial charge in [0, 0.05) is 10.8 Å². The number of sulfone groups is 1. The van der Waals surface area contributed by atoms with E-state index in [9.17, 15) is 28.4 Å². The molecule has 0 aliphatic heterocycles. The maximum absolute atomic E-state index is 12.5. The molecular weight excluding hydrogens is 326 g/mol. The molecule has 9 heteroatoms. The predicted octanol–water partition coefficient (Wildman–Crippen LogP) is 0.701. The van der Waals surface area contributed by atoms with Gasteiger partial charge in [0.25, 0.3) is 0 Å². The van der Waals surface area contributed by atoms with E-state index < -0.39 is 44.0 Å². The Kier molecular flexibility index (Phi) is 4.81. The van der Waals surface area contributed by atoms with Gasteiger partial charge in [-0.1, -0.05) is 30.4 Å². The SMILES string of the molecule is O=C(O)[C@@H](O)[C@@H]1C=C[C@H](C([N+](=O)[O-])S(=O)(=O)c2ccccc2)C1. The number of aliphatic carboxylic acids is 1. The molecule has 2 N–H and O–H groups in total.